The lowest BCUT2D eigenvalue weighted by Crippen LogP contribution is -1.80. The molecule has 0 aliphatic carbocycles. The number of hydrogen-bond acceptors (Lipinski definition) is 1. The van der Waals surface area contributed by atoms with E-state index in [1.807, 2.05) is 0 Å². The van der Waals surface area contributed by atoms with Crippen molar-refractivity contribution in [3.63, 3.8) is 0 Å². The summed E-state index contributed by atoms with van der Waals surface area (Å²) < 4.78 is 26.2. The summed E-state index contributed by atoms with van der Waals surface area (Å²) in [5, 5.41) is 0. The second kappa shape index (κ2) is 3.06. The van der Waals surface area contributed by atoms with Gasteiger partial charge in [0.25, 0.3) is 0 Å². The molecule has 1 aromatic rings. The summed E-state index contributed by atoms with van der Waals surface area (Å²) in [6.07, 6.45) is 0. The van der Waals surface area contributed by atoms with Crippen molar-refractivity contribution in [3.05, 3.63) is 36.4 Å². The van der Waals surface area contributed by atoms with Crippen molar-refractivity contribution < 1.29 is 8.85 Å². The highest BCUT2D eigenvalue weighted by molar-refractivity contribution is 5.48. The van der Waals surface area contributed by atoms with Crippen LogP contribution in [0.3, 0.4) is 0 Å². The van der Waals surface area contributed by atoms with Gasteiger partial charge >= 0.3 is 0 Å². The van der Waals surface area contributed by atoms with Crippen LogP contribution < -0.4 is 4.74 Å². The van der Waals surface area contributed by atoms with E-state index in [2.05, 4.69) is 0 Å². The van der Waals surface area contributed by atoms with Crippen molar-refractivity contribution in [1.82, 2.24) is 0 Å². The van der Waals surface area contributed by atoms with Crippen LogP contribution in [0.1, 0.15) is 9.68 Å². The predicted molar refractivity (Wildman–Crippen MR) is 43.1 cm³/mol. The van der Waals surface area contributed by atoms with E-state index in [1.54, 1.807) is 31.4 Å². The maximum Gasteiger partial charge on any atom is 0.118 e. The molecule has 0 aliphatic rings. The molecule has 0 unspecified atom stereocenters. The van der Waals surface area contributed by atoms with E-state index in [0.717, 1.165) is 0 Å². The van der Waals surface area contributed by atoms with Gasteiger partial charge in [-0.2, -0.15) is 0 Å². The van der Waals surface area contributed by atoms with Crippen molar-refractivity contribution in [3.8, 4) is 5.75 Å². The molecule has 0 aromatic heterocycles. The molecular formula is C9H10O. The van der Waals surface area contributed by atoms with E-state index in [9.17, 15) is 0 Å². The summed E-state index contributed by atoms with van der Waals surface area (Å²) in [7, 11) is 1.56. The summed E-state index contributed by atoms with van der Waals surface area (Å²) in [6.45, 7) is -0.481. The third-order valence-corrected chi connectivity index (χ3v) is 1.23. The van der Waals surface area contributed by atoms with Crippen LogP contribution in [0.5, 0.6) is 5.75 Å². The summed E-state index contributed by atoms with van der Waals surface area (Å²) in [6, 6.07) is 6.64. The molecule has 0 saturated heterocycles. The summed E-state index contributed by atoms with van der Waals surface area (Å²) >= 11 is 0. The first kappa shape index (κ1) is 3.81. The van der Waals surface area contributed by atoms with Gasteiger partial charge in [0.1, 0.15) is 5.75 Å². The third-order valence-electron chi connectivity index (χ3n) is 1.23. The molecule has 0 atom stereocenters. The summed E-state index contributed by atoms with van der Waals surface area (Å²) in [5.74, 6) is 0.702. The Kier molecular flexibility index (Phi) is 1.17. The first-order valence-corrected chi connectivity index (χ1v) is 2.93. The van der Waals surface area contributed by atoms with Gasteiger partial charge in [-0.3, -0.25) is 0 Å². The van der Waals surface area contributed by atoms with Crippen LogP contribution >= 0.6 is 0 Å². The number of benzene rings is 1. The monoisotopic (exact) mass is 137 g/mol. The third kappa shape index (κ3) is 1.38. The Hall–Kier alpha value is -1.24. The van der Waals surface area contributed by atoms with Crippen molar-refractivity contribution >= 4 is 6.05 Å². The molecule has 0 bridgehead atoms. The highest BCUT2D eigenvalue weighted by Gasteiger charge is 1.87. The molecule has 1 heteroatoms. The zero-order valence-corrected chi connectivity index (χ0v) is 5.72. The molecule has 0 aliphatic heterocycles. The topological polar surface area (TPSA) is 9.23 Å². The largest absolute Gasteiger partial charge is 0.497 e. The molecular weight excluding hydrogens is 124 g/mol. The molecule has 0 spiro atoms. The molecule has 1 nitrogen and oxygen atoms in total. The van der Waals surface area contributed by atoms with E-state index in [0.29, 0.717) is 11.3 Å². The second-order valence-corrected chi connectivity index (χ2v) is 1.85. The molecule has 0 heterocycles. The van der Waals surface area contributed by atoms with Gasteiger partial charge in [-0.1, -0.05) is 24.7 Å². The van der Waals surface area contributed by atoms with Crippen LogP contribution in [-0.2, 0) is 0 Å². The van der Waals surface area contributed by atoms with Crippen LogP contribution in [0.4, 0.5) is 0 Å². The van der Waals surface area contributed by atoms with E-state index in [1.165, 1.54) is 0 Å². The standard InChI is InChI=1S/C9H10O/c1-3-8-4-6-9(10-2)7-5-8/h3-7H,1H2,2H3/i1D2,3D. The minimum atomic E-state index is -0.481. The van der Waals surface area contributed by atoms with Gasteiger partial charge in [-0.05, 0) is 17.7 Å². The van der Waals surface area contributed by atoms with E-state index < -0.39 is 6.53 Å². The Labute approximate surface area is 65.2 Å². The van der Waals surface area contributed by atoms with Gasteiger partial charge in [0.15, 0.2) is 0 Å². The van der Waals surface area contributed by atoms with Gasteiger partial charge in [-0.15, -0.1) is 0 Å². The summed E-state index contributed by atoms with van der Waals surface area (Å²) in [5.41, 5.74) is 0.556. The Morgan fingerprint density at radius 1 is 1.60 bits per heavy atom. The molecule has 0 saturated carbocycles. The second-order valence-electron chi connectivity index (χ2n) is 1.85. The average Bonchev–Trinajstić information content (AvgIpc) is 2.17. The Morgan fingerprint density at radius 3 is 2.80 bits per heavy atom. The quantitative estimate of drug-likeness (QED) is 0.608. The van der Waals surface area contributed by atoms with Crippen molar-refractivity contribution in [2.75, 3.05) is 7.11 Å². The molecule has 1 aromatic carbocycles. The highest BCUT2D eigenvalue weighted by atomic mass is 16.5. The SMILES string of the molecule is [2H]C([2H])=C([2H])c1ccc(OC)cc1. The zero-order valence-electron chi connectivity index (χ0n) is 8.72. The number of ether oxygens (including phenoxy) is 1. The van der Waals surface area contributed by atoms with Crippen LogP contribution in [-0.4, -0.2) is 7.11 Å². The maximum atomic E-state index is 7.36. The van der Waals surface area contributed by atoms with Gasteiger partial charge in [0, 0.05) is 0 Å². The van der Waals surface area contributed by atoms with Crippen LogP contribution in [0.15, 0.2) is 30.8 Å². The molecule has 10 heavy (non-hydrogen) atoms. The first-order chi connectivity index (χ1) is 6.15. The van der Waals surface area contributed by atoms with Gasteiger partial charge in [-0.25, -0.2) is 0 Å². The minimum absolute atomic E-state index is 0.0809. The lowest BCUT2D eigenvalue weighted by molar-refractivity contribution is 0.415. The highest BCUT2D eigenvalue weighted by Crippen LogP contribution is 2.11. The number of rotatable bonds is 2. The lowest BCUT2D eigenvalue weighted by Gasteiger charge is -1.97. The van der Waals surface area contributed by atoms with Gasteiger partial charge < -0.3 is 4.74 Å². The Bertz CT molecular complexity index is 312. The maximum absolute atomic E-state index is 7.36. The van der Waals surface area contributed by atoms with Crippen LogP contribution in [0.25, 0.3) is 6.05 Å². The Morgan fingerprint density at radius 2 is 2.30 bits per heavy atom. The minimum Gasteiger partial charge on any atom is -0.497 e. The molecule has 1 rings (SSSR count). The first-order valence-electron chi connectivity index (χ1n) is 4.43. The van der Waals surface area contributed by atoms with Crippen molar-refractivity contribution in [2.45, 2.75) is 0 Å². The molecule has 0 amide bonds. The molecule has 0 N–H and O–H groups in total. The normalized spacial score (nSPS) is 12.7. The zero-order chi connectivity index (χ0) is 9.84. The van der Waals surface area contributed by atoms with Crippen LogP contribution in [0.2, 0.25) is 0 Å². The summed E-state index contributed by atoms with van der Waals surface area (Å²) in [4.78, 5) is 0. The molecule has 0 radical (unpaired) electrons. The van der Waals surface area contributed by atoms with E-state index >= 15 is 0 Å². The van der Waals surface area contributed by atoms with Crippen molar-refractivity contribution in [2.24, 2.45) is 0 Å². The fourth-order valence-corrected chi connectivity index (χ4v) is 0.674. The smallest absolute Gasteiger partial charge is 0.118 e. The van der Waals surface area contributed by atoms with Gasteiger partial charge in [0.05, 0.1) is 11.2 Å². The predicted octanol–water partition coefficient (Wildman–Crippen LogP) is 2.34. The fraction of sp³-hybridized carbons (Fsp3) is 0.111. The Balaban J connectivity index is 2.99. The molecule has 0 fully saturated rings. The van der Waals surface area contributed by atoms with Crippen LogP contribution in [0, 0.1) is 0 Å². The van der Waals surface area contributed by atoms with Crippen molar-refractivity contribution in [1.29, 1.82) is 0 Å². The van der Waals surface area contributed by atoms with E-state index in [-0.39, 0.29) is 6.05 Å². The van der Waals surface area contributed by atoms with Gasteiger partial charge in [0.2, 0.25) is 0 Å². The number of methoxy groups -OCH3 is 1. The average molecular weight is 137 g/mol. The number of hydrogen-bond donors (Lipinski definition) is 0. The fourth-order valence-electron chi connectivity index (χ4n) is 0.674. The lowest BCUT2D eigenvalue weighted by atomic mass is 10.2. The molecule has 52 valence electrons. The van der Waals surface area contributed by atoms with E-state index in [4.69, 9.17) is 8.85 Å².